The zero-order valence-electron chi connectivity index (χ0n) is 15.9. The van der Waals surface area contributed by atoms with E-state index < -0.39 is 5.56 Å². The number of nitrogens with one attached hydrogen (secondary N) is 1. The minimum Gasteiger partial charge on any atom is -0.493 e. The number of thioether (sulfide) groups is 1. The number of nitrogens with zero attached hydrogens (tertiary/aromatic N) is 2. The number of nitrogens with two attached hydrogens (primary N) is 1. The summed E-state index contributed by atoms with van der Waals surface area (Å²) in [6.45, 7) is 0.277. The average molecular weight is 416 g/mol. The number of furan rings is 1. The molecular formula is C19H20N4O5S. The third kappa shape index (κ3) is 4.91. The van der Waals surface area contributed by atoms with Crippen LogP contribution in [0, 0.1) is 0 Å². The molecule has 152 valence electrons. The number of carbonyl (C=O) groups is 1. The number of carbonyl (C=O) groups excluding carboxylic acids is 1. The molecule has 3 rings (SSSR count). The van der Waals surface area contributed by atoms with Crippen molar-refractivity contribution in [1.82, 2.24) is 14.9 Å². The summed E-state index contributed by atoms with van der Waals surface area (Å²) >= 11 is 1.10. The number of benzene rings is 1. The Labute approximate surface area is 170 Å². The Balaban J connectivity index is 1.82. The molecule has 0 aliphatic rings. The van der Waals surface area contributed by atoms with Gasteiger partial charge in [0.15, 0.2) is 16.7 Å². The standard InChI is InChI=1S/C19H20N4O5S/c1-26-14-6-5-12(8-15(14)27-2)23-16(20)9-17(24)22-19(23)29-11-18(25)21-10-13-4-3-7-28-13/h3-9H,10-11,20H2,1-2H3,(H,21,25). The van der Waals surface area contributed by atoms with E-state index in [0.29, 0.717) is 22.9 Å². The van der Waals surface area contributed by atoms with Crippen LogP contribution in [0.25, 0.3) is 5.69 Å². The van der Waals surface area contributed by atoms with Crippen molar-refractivity contribution in [3.8, 4) is 17.2 Å². The van der Waals surface area contributed by atoms with Gasteiger partial charge in [0.1, 0.15) is 11.6 Å². The Morgan fingerprint density at radius 3 is 2.72 bits per heavy atom. The summed E-state index contributed by atoms with van der Waals surface area (Å²) in [5.74, 6) is 1.69. The summed E-state index contributed by atoms with van der Waals surface area (Å²) in [6.07, 6.45) is 1.54. The van der Waals surface area contributed by atoms with Crippen LogP contribution in [0.2, 0.25) is 0 Å². The SMILES string of the molecule is COc1ccc(-n2c(N)cc(=O)nc2SCC(=O)NCc2ccco2)cc1OC. The van der Waals surface area contributed by atoms with E-state index in [1.165, 1.54) is 26.5 Å². The number of ether oxygens (including phenoxy) is 2. The van der Waals surface area contributed by atoms with Crippen LogP contribution in [0.15, 0.2) is 57.0 Å². The van der Waals surface area contributed by atoms with Crippen LogP contribution in [0.5, 0.6) is 11.5 Å². The molecule has 0 atom stereocenters. The first-order valence-corrected chi connectivity index (χ1v) is 9.54. The van der Waals surface area contributed by atoms with Gasteiger partial charge < -0.3 is 24.9 Å². The third-order valence-electron chi connectivity index (χ3n) is 3.92. The summed E-state index contributed by atoms with van der Waals surface area (Å²) in [7, 11) is 3.06. The lowest BCUT2D eigenvalue weighted by atomic mass is 10.2. The largest absolute Gasteiger partial charge is 0.493 e. The minimum atomic E-state index is -0.488. The molecule has 0 aliphatic heterocycles. The van der Waals surface area contributed by atoms with Crippen molar-refractivity contribution < 1.29 is 18.7 Å². The highest BCUT2D eigenvalue weighted by atomic mass is 32.2. The first-order chi connectivity index (χ1) is 14.0. The summed E-state index contributed by atoms with van der Waals surface area (Å²) in [6, 6.07) is 9.91. The van der Waals surface area contributed by atoms with Gasteiger partial charge in [-0.25, -0.2) is 0 Å². The van der Waals surface area contributed by atoms with E-state index in [0.717, 1.165) is 11.8 Å². The molecule has 3 aromatic rings. The van der Waals surface area contributed by atoms with Gasteiger partial charge in [-0.15, -0.1) is 0 Å². The van der Waals surface area contributed by atoms with Crippen molar-refractivity contribution in [1.29, 1.82) is 0 Å². The Bertz CT molecular complexity index is 1050. The first-order valence-electron chi connectivity index (χ1n) is 8.55. The number of anilines is 1. The van der Waals surface area contributed by atoms with E-state index in [1.54, 1.807) is 34.9 Å². The predicted octanol–water partition coefficient (Wildman–Crippen LogP) is 1.83. The second-order valence-electron chi connectivity index (χ2n) is 5.82. The van der Waals surface area contributed by atoms with Gasteiger partial charge in [0.25, 0.3) is 5.56 Å². The molecule has 0 aliphatic carbocycles. The molecule has 1 aromatic carbocycles. The number of hydrogen-bond acceptors (Lipinski definition) is 8. The van der Waals surface area contributed by atoms with Gasteiger partial charge >= 0.3 is 0 Å². The van der Waals surface area contributed by atoms with Gasteiger partial charge in [0, 0.05) is 12.1 Å². The molecule has 1 amide bonds. The van der Waals surface area contributed by atoms with Gasteiger partial charge in [0.2, 0.25) is 5.91 Å². The molecule has 0 saturated heterocycles. The van der Waals surface area contributed by atoms with Crippen LogP contribution in [-0.4, -0.2) is 35.4 Å². The van der Waals surface area contributed by atoms with Crippen molar-refractivity contribution in [2.75, 3.05) is 25.7 Å². The van der Waals surface area contributed by atoms with E-state index >= 15 is 0 Å². The number of aromatic nitrogens is 2. The van der Waals surface area contributed by atoms with Crippen LogP contribution < -0.4 is 26.1 Å². The topological polar surface area (TPSA) is 122 Å². The first kappa shape index (κ1) is 20.3. The van der Waals surface area contributed by atoms with Gasteiger partial charge in [-0.2, -0.15) is 4.98 Å². The van der Waals surface area contributed by atoms with Crippen molar-refractivity contribution in [2.45, 2.75) is 11.7 Å². The van der Waals surface area contributed by atoms with Crippen molar-refractivity contribution in [2.24, 2.45) is 0 Å². The zero-order valence-corrected chi connectivity index (χ0v) is 16.7. The predicted molar refractivity (Wildman–Crippen MR) is 109 cm³/mol. The maximum Gasteiger partial charge on any atom is 0.275 e. The van der Waals surface area contributed by atoms with Crippen LogP contribution in [0.1, 0.15) is 5.76 Å². The molecule has 0 radical (unpaired) electrons. The Kier molecular flexibility index (Phi) is 6.45. The van der Waals surface area contributed by atoms with E-state index in [-0.39, 0.29) is 29.2 Å². The highest BCUT2D eigenvalue weighted by Gasteiger charge is 2.15. The number of rotatable bonds is 8. The van der Waals surface area contributed by atoms with E-state index in [1.807, 2.05) is 0 Å². The maximum atomic E-state index is 12.2. The lowest BCUT2D eigenvalue weighted by molar-refractivity contribution is -0.118. The molecule has 0 unspecified atom stereocenters. The second kappa shape index (κ2) is 9.20. The fourth-order valence-corrected chi connectivity index (χ4v) is 3.44. The highest BCUT2D eigenvalue weighted by molar-refractivity contribution is 7.99. The summed E-state index contributed by atoms with van der Waals surface area (Å²) in [5, 5.41) is 3.03. The van der Waals surface area contributed by atoms with Crippen LogP contribution in [-0.2, 0) is 11.3 Å². The van der Waals surface area contributed by atoms with Crippen LogP contribution in [0.4, 0.5) is 5.82 Å². The Hall–Kier alpha value is -3.40. The Morgan fingerprint density at radius 2 is 2.03 bits per heavy atom. The zero-order chi connectivity index (χ0) is 20.8. The molecular weight excluding hydrogens is 396 g/mol. The van der Waals surface area contributed by atoms with Crippen molar-refractivity contribution in [3.63, 3.8) is 0 Å². The van der Waals surface area contributed by atoms with Gasteiger partial charge in [-0.1, -0.05) is 11.8 Å². The fraction of sp³-hybridized carbons (Fsp3) is 0.211. The minimum absolute atomic E-state index is 0.0455. The molecule has 2 aromatic heterocycles. The lowest BCUT2D eigenvalue weighted by Gasteiger charge is -2.16. The maximum absolute atomic E-state index is 12.2. The highest BCUT2D eigenvalue weighted by Crippen LogP contribution is 2.31. The van der Waals surface area contributed by atoms with Gasteiger partial charge in [-0.05, 0) is 24.3 Å². The molecule has 0 fully saturated rings. The number of amides is 1. The molecule has 3 N–H and O–H groups in total. The molecule has 0 bridgehead atoms. The fourth-order valence-electron chi connectivity index (χ4n) is 2.58. The quantitative estimate of drug-likeness (QED) is 0.421. The number of methoxy groups -OCH3 is 2. The lowest BCUT2D eigenvalue weighted by Crippen LogP contribution is -2.25. The average Bonchev–Trinajstić information content (AvgIpc) is 3.23. The van der Waals surface area contributed by atoms with E-state index in [2.05, 4.69) is 10.3 Å². The van der Waals surface area contributed by atoms with E-state index in [4.69, 9.17) is 19.6 Å². The van der Waals surface area contributed by atoms with Crippen molar-refractivity contribution in [3.05, 3.63) is 58.8 Å². The third-order valence-corrected chi connectivity index (χ3v) is 4.86. The number of hydrogen-bond donors (Lipinski definition) is 2. The summed E-state index contributed by atoms with van der Waals surface area (Å²) in [5.41, 5.74) is 6.20. The smallest absolute Gasteiger partial charge is 0.275 e. The summed E-state index contributed by atoms with van der Waals surface area (Å²) in [4.78, 5) is 28.0. The van der Waals surface area contributed by atoms with Crippen LogP contribution in [0.3, 0.4) is 0 Å². The van der Waals surface area contributed by atoms with Crippen LogP contribution >= 0.6 is 11.8 Å². The monoisotopic (exact) mass is 416 g/mol. The van der Waals surface area contributed by atoms with Crippen molar-refractivity contribution >= 4 is 23.5 Å². The molecule has 9 nitrogen and oxygen atoms in total. The van der Waals surface area contributed by atoms with E-state index in [9.17, 15) is 9.59 Å². The molecule has 0 saturated carbocycles. The Morgan fingerprint density at radius 1 is 1.24 bits per heavy atom. The summed E-state index contributed by atoms with van der Waals surface area (Å²) < 4.78 is 17.3. The second-order valence-corrected chi connectivity index (χ2v) is 6.76. The number of nitrogen functional groups attached to an aromatic ring is 1. The molecule has 10 heteroatoms. The van der Waals surface area contributed by atoms with Gasteiger partial charge in [-0.3, -0.25) is 14.2 Å². The molecule has 29 heavy (non-hydrogen) atoms. The molecule has 0 spiro atoms. The molecule has 2 heterocycles. The van der Waals surface area contributed by atoms with Gasteiger partial charge in [0.05, 0.1) is 38.5 Å². The normalized spacial score (nSPS) is 10.6.